The minimum atomic E-state index is -0.992. The van der Waals surface area contributed by atoms with Crippen molar-refractivity contribution in [2.45, 2.75) is 77.1 Å². The molecule has 8 heteroatoms. The number of aliphatic hydroxyl groups excluding tert-OH is 1. The largest absolute Gasteiger partial charge is 0.374 e. The SMILES string of the molecule is CCCCC(C)C(NC(O)C1=CC(C)CC=C1)C(=O)N1CCC2(CC1)C(=O)N(C)C(=O)N2c1ccccc1. The van der Waals surface area contributed by atoms with E-state index in [0.29, 0.717) is 37.5 Å². The number of allylic oxidation sites excluding steroid dienone is 2. The van der Waals surface area contributed by atoms with Gasteiger partial charge in [0.05, 0.1) is 6.04 Å². The number of carbonyl (C=O) groups is 3. The highest BCUT2D eigenvalue weighted by molar-refractivity contribution is 6.16. The average Bonchev–Trinajstić information content (AvgIpc) is 3.11. The van der Waals surface area contributed by atoms with E-state index in [4.69, 9.17) is 0 Å². The van der Waals surface area contributed by atoms with Crippen LogP contribution in [-0.2, 0) is 9.59 Å². The molecule has 2 heterocycles. The summed E-state index contributed by atoms with van der Waals surface area (Å²) in [6, 6.07) is 8.39. The third-order valence-corrected chi connectivity index (χ3v) is 8.32. The van der Waals surface area contributed by atoms with E-state index in [2.05, 4.69) is 38.2 Å². The number of piperidine rings is 1. The molecule has 1 aromatic rings. The van der Waals surface area contributed by atoms with Gasteiger partial charge in [-0.25, -0.2) is 4.79 Å². The molecule has 4 amide bonds. The number of rotatable bonds is 9. The number of nitrogens with zero attached hydrogens (tertiary/aromatic N) is 3. The number of anilines is 1. The van der Waals surface area contributed by atoms with E-state index >= 15 is 0 Å². The summed E-state index contributed by atoms with van der Waals surface area (Å²) in [7, 11) is 1.53. The Morgan fingerprint density at radius 2 is 1.87 bits per heavy atom. The number of aliphatic hydroxyl groups is 1. The number of hydrogen-bond acceptors (Lipinski definition) is 5. The summed E-state index contributed by atoms with van der Waals surface area (Å²) >= 11 is 0. The standard InChI is InChI=1S/C30H42N4O4/c1-5-6-12-22(3)25(31-26(35)23-13-10-11-21(2)20-23)27(36)33-18-16-30(17-19-33)28(37)32(4)29(38)34(30)24-14-8-7-9-15-24/h7-10,13-15,20-22,25-26,31,35H,5-6,11-12,16-19H2,1-4H3. The molecule has 1 spiro atoms. The summed E-state index contributed by atoms with van der Waals surface area (Å²) in [6.07, 6.45) is 9.69. The van der Waals surface area contributed by atoms with Gasteiger partial charge in [0.25, 0.3) is 5.91 Å². The zero-order valence-electron chi connectivity index (χ0n) is 23.1. The lowest BCUT2D eigenvalue weighted by atomic mass is 9.84. The van der Waals surface area contributed by atoms with Crippen molar-refractivity contribution in [3.63, 3.8) is 0 Å². The molecular formula is C30H42N4O4. The number of hydrogen-bond donors (Lipinski definition) is 2. The highest BCUT2D eigenvalue weighted by atomic mass is 16.3. The number of unbranched alkanes of at least 4 members (excludes halogenated alkanes) is 1. The molecule has 0 saturated carbocycles. The Morgan fingerprint density at radius 3 is 2.50 bits per heavy atom. The second-order valence-corrected chi connectivity index (χ2v) is 11.1. The maximum atomic E-state index is 13.9. The number of para-hydroxylation sites is 1. The molecule has 8 nitrogen and oxygen atoms in total. The molecule has 1 aliphatic carbocycles. The number of nitrogens with one attached hydrogen (secondary N) is 1. The van der Waals surface area contributed by atoms with E-state index < -0.39 is 17.8 Å². The lowest BCUT2D eigenvalue weighted by molar-refractivity contribution is -0.140. The van der Waals surface area contributed by atoms with Crippen molar-refractivity contribution in [2.75, 3.05) is 25.0 Å². The minimum Gasteiger partial charge on any atom is -0.374 e. The smallest absolute Gasteiger partial charge is 0.331 e. The van der Waals surface area contributed by atoms with Gasteiger partial charge in [0.1, 0.15) is 11.8 Å². The fourth-order valence-electron chi connectivity index (χ4n) is 5.98. The monoisotopic (exact) mass is 522 g/mol. The first-order valence-electron chi connectivity index (χ1n) is 14.0. The van der Waals surface area contributed by atoms with Gasteiger partial charge < -0.3 is 10.0 Å². The van der Waals surface area contributed by atoms with Crippen LogP contribution in [0.4, 0.5) is 10.5 Å². The third kappa shape index (κ3) is 5.43. The fourth-order valence-corrected chi connectivity index (χ4v) is 5.98. The molecule has 0 bridgehead atoms. The quantitative estimate of drug-likeness (QED) is 0.377. The van der Waals surface area contributed by atoms with Gasteiger partial charge in [-0.1, -0.05) is 70.0 Å². The fraction of sp³-hybridized carbons (Fsp3) is 0.567. The van der Waals surface area contributed by atoms with Gasteiger partial charge in [-0.3, -0.25) is 24.7 Å². The summed E-state index contributed by atoms with van der Waals surface area (Å²) in [5, 5.41) is 14.2. The van der Waals surface area contributed by atoms with Crippen molar-refractivity contribution >= 4 is 23.5 Å². The van der Waals surface area contributed by atoms with Crippen molar-refractivity contribution in [3.05, 3.63) is 54.1 Å². The highest BCUT2D eigenvalue weighted by Crippen LogP contribution is 2.40. The topological polar surface area (TPSA) is 93.2 Å². The number of benzene rings is 1. The predicted molar refractivity (Wildman–Crippen MR) is 148 cm³/mol. The lowest BCUT2D eigenvalue weighted by Crippen LogP contribution is -2.60. The van der Waals surface area contributed by atoms with E-state index in [0.717, 1.165) is 31.3 Å². The Bertz CT molecular complexity index is 1080. The Morgan fingerprint density at radius 1 is 1.18 bits per heavy atom. The summed E-state index contributed by atoms with van der Waals surface area (Å²) in [5.41, 5.74) is 0.487. The number of likely N-dealkylation sites (N-methyl/N-ethyl adjacent to an activating group) is 1. The Labute approximate surface area is 226 Å². The lowest BCUT2D eigenvalue weighted by Gasteiger charge is -2.43. The average molecular weight is 523 g/mol. The number of carbonyl (C=O) groups excluding carboxylic acids is 3. The van der Waals surface area contributed by atoms with E-state index in [-0.39, 0.29) is 23.8 Å². The van der Waals surface area contributed by atoms with Crippen LogP contribution in [-0.4, -0.2) is 70.7 Å². The molecule has 38 heavy (non-hydrogen) atoms. The second-order valence-electron chi connectivity index (χ2n) is 11.1. The normalized spacial score (nSPS) is 23.6. The zero-order chi connectivity index (χ0) is 27.4. The number of urea groups is 1. The van der Waals surface area contributed by atoms with Gasteiger partial charge in [0, 0.05) is 25.8 Å². The predicted octanol–water partition coefficient (Wildman–Crippen LogP) is 4.07. The van der Waals surface area contributed by atoms with Gasteiger partial charge in [0.2, 0.25) is 5.91 Å². The summed E-state index contributed by atoms with van der Waals surface area (Å²) in [5.74, 6) is 0.0892. The third-order valence-electron chi connectivity index (χ3n) is 8.32. The van der Waals surface area contributed by atoms with Crippen LogP contribution in [0.15, 0.2) is 54.1 Å². The summed E-state index contributed by atoms with van der Waals surface area (Å²) in [6.45, 7) is 7.02. The Kier molecular flexibility index (Phi) is 8.73. The molecule has 2 saturated heterocycles. The van der Waals surface area contributed by atoms with Crippen molar-refractivity contribution < 1.29 is 19.5 Å². The van der Waals surface area contributed by atoms with Crippen LogP contribution in [0, 0.1) is 11.8 Å². The molecule has 206 valence electrons. The Balaban J connectivity index is 1.52. The first-order valence-corrected chi connectivity index (χ1v) is 14.0. The van der Waals surface area contributed by atoms with Crippen LogP contribution < -0.4 is 10.2 Å². The van der Waals surface area contributed by atoms with Crippen molar-refractivity contribution in [2.24, 2.45) is 11.8 Å². The van der Waals surface area contributed by atoms with Crippen molar-refractivity contribution in [3.8, 4) is 0 Å². The van der Waals surface area contributed by atoms with Gasteiger partial charge in [-0.05, 0) is 55.2 Å². The van der Waals surface area contributed by atoms with Crippen LogP contribution >= 0.6 is 0 Å². The summed E-state index contributed by atoms with van der Waals surface area (Å²) < 4.78 is 0. The van der Waals surface area contributed by atoms with Crippen LogP contribution in [0.1, 0.15) is 59.3 Å². The van der Waals surface area contributed by atoms with E-state index in [1.54, 1.807) is 9.80 Å². The van der Waals surface area contributed by atoms with Crippen LogP contribution in [0.2, 0.25) is 0 Å². The first kappa shape index (κ1) is 28.0. The van der Waals surface area contributed by atoms with E-state index in [9.17, 15) is 19.5 Å². The number of imide groups is 1. The molecule has 1 aromatic carbocycles. The first-order chi connectivity index (χ1) is 18.2. The number of likely N-dealkylation sites (tertiary alicyclic amines) is 1. The molecule has 0 aromatic heterocycles. The zero-order valence-corrected chi connectivity index (χ0v) is 23.1. The molecule has 2 aliphatic heterocycles. The molecule has 2 fully saturated rings. The van der Waals surface area contributed by atoms with Gasteiger partial charge >= 0.3 is 6.03 Å². The molecule has 3 aliphatic rings. The van der Waals surface area contributed by atoms with Gasteiger partial charge in [-0.15, -0.1) is 0 Å². The Hall–Kier alpha value is -2.97. The molecule has 4 rings (SSSR count). The van der Waals surface area contributed by atoms with Crippen molar-refractivity contribution in [1.29, 1.82) is 0 Å². The molecule has 4 unspecified atom stereocenters. The van der Waals surface area contributed by atoms with E-state index in [1.165, 1.54) is 11.9 Å². The van der Waals surface area contributed by atoms with E-state index in [1.807, 2.05) is 36.4 Å². The second kappa shape index (κ2) is 11.8. The minimum absolute atomic E-state index is 0.0280. The van der Waals surface area contributed by atoms with Crippen LogP contribution in [0.25, 0.3) is 0 Å². The summed E-state index contributed by atoms with van der Waals surface area (Å²) in [4.78, 5) is 45.0. The van der Waals surface area contributed by atoms with Crippen molar-refractivity contribution in [1.82, 2.24) is 15.1 Å². The molecule has 4 atom stereocenters. The maximum Gasteiger partial charge on any atom is 0.331 e. The molecular weight excluding hydrogens is 480 g/mol. The molecule has 2 N–H and O–H groups in total. The number of amides is 4. The van der Waals surface area contributed by atoms with Gasteiger partial charge in [0.15, 0.2) is 0 Å². The van der Waals surface area contributed by atoms with Gasteiger partial charge in [-0.2, -0.15) is 0 Å². The maximum absolute atomic E-state index is 13.9. The highest BCUT2D eigenvalue weighted by Gasteiger charge is 2.58. The van der Waals surface area contributed by atoms with Crippen LogP contribution in [0.5, 0.6) is 0 Å². The molecule has 0 radical (unpaired) electrons. The van der Waals surface area contributed by atoms with Crippen LogP contribution in [0.3, 0.4) is 0 Å².